The molecule has 0 unspecified atom stereocenters. The summed E-state index contributed by atoms with van der Waals surface area (Å²) in [5.41, 5.74) is 2.90. The van der Waals surface area contributed by atoms with E-state index < -0.39 is 0 Å². The zero-order chi connectivity index (χ0) is 16.8. The second kappa shape index (κ2) is 5.45. The molecule has 0 fully saturated rings. The van der Waals surface area contributed by atoms with Gasteiger partial charge >= 0.3 is 0 Å². The summed E-state index contributed by atoms with van der Waals surface area (Å²) in [6.07, 6.45) is 5.31. The highest BCUT2D eigenvalue weighted by Gasteiger charge is 2.15. The smallest absolute Gasteiger partial charge is 0.291 e. The topological polar surface area (TPSA) is 70.5 Å². The van der Waals surface area contributed by atoms with E-state index in [-0.39, 0.29) is 5.56 Å². The fraction of sp³-hybridized carbons (Fsp3) is 0.250. The van der Waals surface area contributed by atoms with Crippen LogP contribution in [0.3, 0.4) is 0 Å². The first-order valence-electron chi connectivity index (χ1n) is 7.46. The molecule has 0 radical (unpaired) electrons. The molecule has 8 heteroatoms. The third-order valence-electron chi connectivity index (χ3n) is 4.16. The number of fused-ring (bicyclic) bond motifs is 3. The number of hydrogen-bond acceptors (Lipinski definition) is 4. The number of pyridine rings is 1. The molecule has 0 saturated heterocycles. The van der Waals surface area contributed by atoms with E-state index in [2.05, 4.69) is 15.2 Å². The van der Waals surface area contributed by atoms with Gasteiger partial charge in [0.1, 0.15) is 5.52 Å². The first kappa shape index (κ1) is 14.9. The van der Waals surface area contributed by atoms with E-state index in [1.807, 2.05) is 37.0 Å². The molecule has 0 atom stereocenters. The van der Waals surface area contributed by atoms with Crippen LogP contribution in [0, 0.1) is 0 Å². The summed E-state index contributed by atoms with van der Waals surface area (Å²) >= 11 is 5.87. The molecule has 7 nitrogen and oxygen atoms in total. The van der Waals surface area contributed by atoms with Gasteiger partial charge in [-0.2, -0.15) is 10.2 Å². The lowest BCUT2D eigenvalue weighted by atomic mass is 10.2. The molecule has 0 aromatic carbocycles. The van der Waals surface area contributed by atoms with Crippen LogP contribution in [-0.4, -0.2) is 29.1 Å². The molecule has 0 spiro atoms. The van der Waals surface area contributed by atoms with Crippen LogP contribution in [0.4, 0.5) is 0 Å². The van der Waals surface area contributed by atoms with Crippen LogP contribution >= 0.6 is 11.6 Å². The summed E-state index contributed by atoms with van der Waals surface area (Å²) in [6.45, 7) is 0.336. The van der Waals surface area contributed by atoms with Gasteiger partial charge in [-0.05, 0) is 12.1 Å². The third kappa shape index (κ3) is 2.20. The van der Waals surface area contributed by atoms with Gasteiger partial charge in [-0.3, -0.25) is 14.5 Å². The number of rotatable bonds is 3. The Bertz CT molecular complexity index is 1120. The molecule has 24 heavy (non-hydrogen) atoms. The molecule has 0 amide bonds. The fourth-order valence-electron chi connectivity index (χ4n) is 2.98. The largest absolute Gasteiger partial charge is 0.338 e. The first-order valence-corrected chi connectivity index (χ1v) is 7.99. The van der Waals surface area contributed by atoms with Gasteiger partial charge in [0, 0.05) is 31.1 Å². The lowest BCUT2D eigenvalue weighted by Crippen LogP contribution is -2.24. The van der Waals surface area contributed by atoms with E-state index in [1.165, 1.54) is 4.68 Å². The Labute approximate surface area is 142 Å². The minimum absolute atomic E-state index is 0.149. The number of hydrogen-bond donors (Lipinski definition) is 0. The SMILES string of the molecule is Cn1ccc(Cn2ncc3c4cc(CCl)ncc4n(C)c3c2=O)n1. The highest BCUT2D eigenvalue weighted by molar-refractivity contribution is 6.17. The minimum atomic E-state index is -0.149. The Balaban J connectivity index is 1.94. The van der Waals surface area contributed by atoms with Crippen molar-refractivity contribution in [2.45, 2.75) is 12.4 Å². The second-order valence-corrected chi connectivity index (χ2v) is 6.00. The predicted octanol–water partition coefficient (Wildman–Crippen LogP) is 1.80. The first-order chi connectivity index (χ1) is 11.6. The Kier molecular flexibility index (Phi) is 3.38. The third-order valence-corrected chi connectivity index (χ3v) is 4.44. The highest BCUT2D eigenvalue weighted by atomic mass is 35.5. The van der Waals surface area contributed by atoms with Crippen LogP contribution in [0.15, 0.2) is 35.5 Å². The Morgan fingerprint density at radius 1 is 1.17 bits per heavy atom. The molecule has 122 valence electrons. The van der Waals surface area contributed by atoms with E-state index in [4.69, 9.17) is 11.6 Å². The summed E-state index contributed by atoms with van der Waals surface area (Å²) in [7, 11) is 3.70. The Morgan fingerprint density at radius 2 is 2.00 bits per heavy atom. The average molecular weight is 343 g/mol. The fourth-order valence-corrected chi connectivity index (χ4v) is 3.13. The van der Waals surface area contributed by atoms with Gasteiger partial charge in [-0.25, -0.2) is 4.68 Å². The van der Waals surface area contributed by atoms with Crippen molar-refractivity contribution in [3.05, 3.63) is 52.5 Å². The van der Waals surface area contributed by atoms with Crippen molar-refractivity contribution in [2.24, 2.45) is 14.1 Å². The van der Waals surface area contributed by atoms with Gasteiger partial charge in [-0.15, -0.1) is 11.6 Å². The van der Waals surface area contributed by atoms with E-state index in [9.17, 15) is 4.79 Å². The molecule has 0 saturated carbocycles. The molecule has 0 aliphatic carbocycles. The van der Waals surface area contributed by atoms with Crippen molar-refractivity contribution in [1.82, 2.24) is 29.1 Å². The number of aryl methyl sites for hydroxylation is 2. The maximum atomic E-state index is 12.9. The average Bonchev–Trinajstić information content (AvgIpc) is 3.12. The second-order valence-electron chi connectivity index (χ2n) is 5.74. The van der Waals surface area contributed by atoms with Crippen molar-refractivity contribution in [3.8, 4) is 0 Å². The van der Waals surface area contributed by atoms with Crippen molar-refractivity contribution < 1.29 is 0 Å². The van der Waals surface area contributed by atoms with Crippen LogP contribution in [0.25, 0.3) is 21.8 Å². The van der Waals surface area contributed by atoms with Gasteiger partial charge in [-0.1, -0.05) is 0 Å². The zero-order valence-corrected chi connectivity index (χ0v) is 14.0. The van der Waals surface area contributed by atoms with Crippen molar-refractivity contribution in [3.63, 3.8) is 0 Å². The maximum Gasteiger partial charge on any atom is 0.291 e. The molecule has 0 aliphatic rings. The van der Waals surface area contributed by atoms with E-state index in [0.29, 0.717) is 17.9 Å². The van der Waals surface area contributed by atoms with Crippen LogP contribution < -0.4 is 5.56 Å². The maximum absolute atomic E-state index is 12.9. The van der Waals surface area contributed by atoms with E-state index in [0.717, 1.165) is 27.7 Å². The molecule has 4 aromatic heterocycles. The van der Waals surface area contributed by atoms with E-state index in [1.54, 1.807) is 17.1 Å². The predicted molar refractivity (Wildman–Crippen MR) is 92.1 cm³/mol. The van der Waals surface area contributed by atoms with Crippen LogP contribution in [0.2, 0.25) is 0 Å². The van der Waals surface area contributed by atoms with Crippen LogP contribution in [-0.2, 0) is 26.5 Å². The van der Waals surface area contributed by atoms with Gasteiger partial charge in [0.05, 0.1) is 41.7 Å². The standard InChI is InChI=1S/C16H15ClN6O/c1-21-4-3-10(20-21)9-23-16(24)15-13(7-19-23)12-5-11(6-17)18-8-14(12)22(15)2/h3-5,7-8H,6,9H2,1-2H3. The highest BCUT2D eigenvalue weighted by Crippen LogP contribution is 2.25. The number of aromatic nitrogens is 6. The van der Waals surface area contributed by atoms with Crippen LogP contribution in [0.5, 0.6) is 0 Å². The van der Waals surface area contributed by atoms with Gasteiger partial charge in [0.15, 0.2) is 0 Å². The summed E-state index contributed by atoms with van der Waals surface area (Å²) < 4.78 is 4.99. The quantitative estimate of drug-likeness (QED) is 0.532. The van der Waals surface area contributed by atoms with Gasteiger partial charge < -0.3 is 4.57 Å². The zero-order valence-electron chi connectivity index (χ0n) is 13.3. The van der Waals surface area contributed by atoms with Crippen molar-refractivity contribution in [2.75, 3.05) is 0 Å². The summed E-state index contributed by atoms with van der Waals surface area (Å²) in [6, 6.07) is 3.78. The van der Waals surface area contributed by atoms with Gasteiger partial charge in [0.25, 0.3) is 5.56 Å². The summed E-state index contributed by atoms with van der Waals surface area (Å²) in [5, 5.41) is 10.4. The molecule has 0 N–H and O–H groups in total. The molecule has 4 aromatic rings. The van der Waals surface area contributed by atoms with E-state index >= 15 is 0 Å². The lowest BCUT2D eigenvalue weighted by Gasteiger charge is -2.03. The molecule has 0 aliphatic heterocycles. The van der Waals surface area contributed by atoms with Gasteiger partial charge in [0.2, 0.25) is 0 Å². The lowest BCUT2D eigenvalue weighted by molar-refractivity contribution is 0.619. The van der Waals surface area contributed by atoms with Crippen molar-refractivity contribution in [1.29, 1.82) is 0 Å². The number of nitrogens with zero attached hydrogens (tertiary/aromatic N) is 6. The summed E-state index contributed by atoms with van der Waals surface area (Å²) in [4.78, 5) is 17.2. The minimum Gasteiger partial charge on any atom is -0.338 e. The van der Waals surface area contributed by atoms with Crippen molar-refractivity contribution >= 4 is 33.4 Å². The molecular weight excluding hydrogens is 328 g/mol. The van der Waals surface area contributed by atoms with Crippen LogP contribution in [0.1, 0.15) is 11.4 Å². The molecular formula is C16H15ClN6O. The number of alkyl halides is 1. The molecule has 0 bridgehead atoms. The summed E-state index contributed by atoms with van der Waals surface area (Å²) in [5.74, 6) is 0.330. The molecule has 4 rings (SSSR count). The Morgan fingerprint density at radius 3 is 2.71 bits per heavy atom. The normalized spacial score (nSPS) is 11.6. The monoisotopic (exact) mass is 342 g/mol. The number of halogens is 1. The molecule has 4 heterocycles. The Hall–Kier alpha value is -2.67.